The summed E-state index contributed by atoms with van der Waals surface area (Å²) in [5, 5.41) is 5.46. The number of ether oxygens (including phenoxy) is 2. The van der Waals surface area contributed by atoms with Gasteiger partial charge in [0.05, 0.1) is 18.8 Å². The molecule has 38 heavy (non-hydrogen) atoms. The third-order valence-corrected chi connectivity index (χ3v) is 6.35. The number of rotatable bonds is 9. The van der Waals surface area contributed by atoms with Crippen LogP contribution >= 0.6 is 11.3 Å². The number of carbonyl (C=O) groups is 3. The van der Waals surface area contributed by atoms with Crippen molar-refractivity contribution in [3.05, 3.63) is 86.8 Å². The van der Waals surface area contributed by atoms with Crippen LogP contribution in [0.3, 0.4) is 0 Å². The summed E-state index contributed by atoms with van der Waals surface area (Å²) in [6.45, 7) is 6.25. The number of esters is 1. The summed E-state index contributed by atoms with van der Waals surface area (Å²) in [7, 11) is 0. The van der Waals surface area contributed by atoms with Crippen LogP contribution in [-0.4, -0.2) is 40.4 Å². The van der Waals surface area contributed by atoms with Crippen molar-refractivity contribution in [2.75, 3.05) is 23.8 Å². The number of nitrogens with zero attached hydrogens (tertiary/aromatic N) is 2. The Kier molecular flexibility index (Phi) is 8.17. The Morgan fingerprint density at radius 3 is 2.21 bits per heavy atom. The zero-order valence-corrected chi connectivity index (χ0v) is 21.9. The molecule has 0 saturated carbocycles. The van der Waals surface area contributed by atoms with Gasteiger partial charge in [-0.05, 0) is 68.8 Å². The van der Waals surface area contributed by atoms with Gasteiger partial charge in [-0.3, -0.25) is 14.4 Å². The van der Waals surface area contributed by atoms with Crippen molar-refractivity contribution in [2.45, 2.75) is 27.2 Å². The minimum Gasteiger partial charge on any atom is -0.494 e. The first-order valence-corrected chi connectivity index (χ1v) is 12.8. The second-order valence-corrected chi connectivity index (χ2v) is 9.19. The molecular weight excluding hydrogens is 508 g/mol. The summed E-state index contributed by atoms with van der Waals surface area (Å²) < 4.78 is 11.7. The van der Waals surface area contributed by atoms with Gasteiger partial charge in [0.15, 0.2) is 4.96 Å². The van der Waals surface area contributed by atoms with Crippen molar-refractivity contribution < 1.29 is 23.9 Å². The molecule has 0 radical (unpaired) electrons. The lowest BCUT2D eigenvalue weighted by atomic mass is 10.2. The van der Waals surface area contributed by atoms with Gasteiger partial charge in [0, 0.05) is 23.1 Å². The predicted octanol–water partition coefficient (Wildman–Crippen LogP) is 4.53. The zero-order chi connectivity index (χ0) is 27.2. The number of benzene rings is 2. The molecule has 2 N–H and O–H groups in total. The molecule has 2 amide bonds. The first kappa shape index (κ1) is 26.6. The van der Waals surface area contributed by atoms with Crippen LogP contribution in [0.1, 0.15) is 56.5 Å². The molecule has 0 unspecified atom stereocenters. The van der Waals surface area contributed by atoms with E-state index >= 15 is 0 Å². The van der Waals surface area contributed by atoms with E-state index < -0.39 is 23.3 Å². The molecule has 0 spiro atoms. The van der Waals surface area contributed by atoms with Crippen molar-refractivity contribution in [3.8, 4) is 5.75 Å². The number of carbonyl (C=O) groups excluding carboxylic acids is 3. The monoisotopic (exact) mass is 534 g/mol. The van der Waals surface area contributed by atoms with Crippen LogP contribution in [0.4, 0.5) is 11.4 Å². The number of fused-ring (bicyclic) bond motifs is 1. The van der Waals surface area contributed by atoms with Gasteiger partial charge in [-0.2, -0.15) is 0 Å². The lowest BCUT2D eigenvalue weighted by Crippen LogP contribution is -2.25. The average molecular weight is 535 g/mol. The number of thiazole rings is 1. The van der Waals surface area contributed by atoms with Gasteiger partial charge in [-0.25, -0.2) is 14.2 Å². The van der Waals surface area contributed by atoms with Gasteiger partial charge < -0.3 is 20.1 Å². The standard InChI is InChI=1S/C27H26N4O6S/c1-4-14-37-26(35)17-6-8-18(9-7-17)30-25(34)23-22(31-21(32)15-16(3)28-27(31)38-23)24(33)29-19-10-12-20(13-11-19)36-5-2/h6-13,15H,4-5,14H2,1-3H3,(H,29,33)(H,30,34). The molecule has 196 valence electrons. The predicted molar refractivity (Wildman–Crippen MR) is 145 cm³/mol. The molecule has 0 aliphatic rings. The maximum absolute atomic E-state index is 13.4. The van der Waals surface area contributed by atoms with E-state index in [9.17, 15) is 19.2 Å². The Balaban J connectivity index is 1.64. The number of hydrogen-bond donors (Lipinski definition) is 2. The van der Waals surface area contributed by atoms with E-state index in [2.05, 4.69) is 15.6 Å². The fraction of sp³-hybridized carbons (Fsp3) is 0.222. The van der Waals surface area contributed by atoms with Crippen molar-refractivity contribution in [1.29, 1.82) is 0 Å². The summed E-state index contributed by atoms with van der Waals surface area (Å²) in [4.78, 5) is 56.1. The smallest absolute Gasteiger partial charge is 0.338 e. The van der Waals surface area contributed by atoms with Crippen LogP contribution in [0.25, 0.3) is 4.96 Å². The molecule has 0 aliphatic carbocycles. The highest BCUT2D eigenvalue weighted by molar-refractivity contribution is 7.19. The van der Waals surface area contributed by atoms with Crippen LogP contribution in [-0.2, 0) is 4.74 Å². The van der Waals surface area contributed by atoms with Crippen LogP contribution in [0.5, 0.6) is 5.75 Å². The number of aromatic nitrogens is 2. The number of aryl methyl sites for hydroxylation is 1. The van der Waals surface area contributed by atoms with Gasteiger partial charge in [-0.1, -0.05) is 18.3 Å². The first-order chi connectivity index (χ1) is 18.3. The second kappa shape index (κ2) is 11.7. The van der Waals surface area contributed by atoms with E-state index in [1.54, 1.807) is 43.3 Å². The lowest BCUT2D eigenvalue weighted by Gasteiger charge is -2.09. The van der Waals surface area contributed by atoms with E-state index in [1.165, 1.54) is 18.2 Å². The van der Waals surface area contributed by atoms with Crippen LogP contribution in [0.2, 0.25) is 0 Å². The van der Waals surface area contributed by atoms with Crippen molar-refractivity contribution in [1.82, 2.24) is 9.38 Å². The molecule has 2 aromatic heterocycles. The molecule has 0 saturated heterocycles. The summed E-state index contributed by atoms with van der Waals surface area (Å²) in [5.41, 5.74) is 1.06. The maximum Gasteiger partial charge on any atom is 0.338 e. The number of amides is 2. The first-order valence-electron chi connectivity index (χ1n) is 12.0. The highest BCUT2D eigenvalue weighted by atomic mass is 32.1. The number of nitrogens with one attached hydrogen (secondary N) is 2. The summed E-state index contributed by atoms with van der Waals surface area (Å²) in [6, 6.07) is 14.2. The Morgan fingerprint density at radius 2 is 1.58 bits per heavy atom. The molecule has 0 fully saturated rings. The van der Waals surface area contributed by atoms with E-state index in [4.69, 9.17) is 9.47 Å². The fourth-order valence-electron chi connectivity index (χ4n) is 3.59. The highest BCUT2D eigenvalue weighted by Gasteiger charge is 2.26. The van der Waals surface area contributed by atoms with Gasteiger partial charge in [0.1, 0.15) is 16.3 Å². The minimum atomic E-state index is -0.646. The second-order valence-electron chi connectivity index (χ2n) is 8.21. The molecule has 0 bridgehead atoms. The topological polar surface area (TPSA) is 128 Å². The summed E-state index contributed by atoms with van der Waals surface area (Å²) >= 11 is 0.930. The molecule has 0 atom stereocenters. The van der Waals surface area contributed by atoms with Gasteiger partial charge in [0.25, 0.3) is 17.4 Å². The molecule has 10 nitrogen and oxygen atoms in total. The van der Waals surface area contributed by atoms with Crippen molar-refractivity contribution in [2.24, 2.45) is 0 Å². The molecule has 11 heteroatoms. The van der Waals surface area contributed by atoms with Crippen molar-refractivity contribution in [3.63, 3.8) is 0 Å². The summed E-state index contributed by atoms with van der Waals surface area (Å²) in [5.74, 6) is -1.06. The number of anilines is 2. The number of hydrogen-bond acceptors (Lipinski definition) is 8. The molecule has 2 aromatic carbocycles. The third-order valence-electron chi connectivity index (χ3n) is 5.31. The molecule has 0 aliphatic heterocycles. The van der Waals surface area contributed by atoms with E-state index in [0.717, 1.165) is 15.7 Å². The Bertz CT molecular complexity index is 1540. The molecule has 4 aromatic rings. The highest BCUT2D eigenvalue weighted by Crippen LogP contribution is 2.25. The Hall–Kier alpha value is -4.51. The van der Waals surface area contributed by atoms with E-state index in [-0.39, 0.29) is 15.5 Å². The SMILES string of the molecule is CCCOC(=O)c1ccc(NC(=O)c2sc3nc(C)cc(=O)n3c2C(=O)Nc2ccc(OCC)cc2)cc1. The van der Waals surface area contributed by atoms with Crippen LogP contribution in [0.15, 0.2) is 59.4 Å². The zero-order valence-electron chi connectivity index (χ0n) is 21.1. The Labute approximate surface area is 222 Å². The van der Waals surface area contributed by atoms with Crippen LogP contribution < -0.4 is 20.9 Å². The molecule has 4 rings (SSSR count). The normalized spacial score (nSPS) is 10.7. The van der Waals surface area contributed by atoms with Gasteiger partial charge in [-0.15, -0.1) is 0 Å². The van der Waals surface area contributed by atoms with Gasteiger partial charge in [0.2, 0.25) is 0 Å². The Morgan fingerprint density at radius 1 is 0.947 bits per heavy atom. The molecular formula is C27H26N4O6S. The maximum atomic E-state index is 13.4. The molecule has 2 heterocycles. The van der Waals surface area contributed by atoms with Gasteiger partial charge >= 0.3 is 5.97 Å². The lowest BCUT2D eigenvalue weighted by molar-refractivity contribution is 0.0505. The minimum absolute atomic E-state index is 0.00932. The fourth-order valence-corrected chi connectivity index (χ4v) is 4.66. The third kappa shape index (κ3) is 5.89. The van der Waals surface area contributed by atoms with E-state index in [1.807, 2.05) is 13.8 Å². The largest absolute Gasteiger partial charge is 0.494 e. The van der Waals surface area contributed by atoms with E-state index in [0.29, 0.717) is 48.0 Å². The quantitative estimate of drug-likeness (QED) is 0.302. The average Bonchev–Trinajstić information content (AvgIpc) is 3.29. The van der Waals surface area contributed by atoms with Crippen LogP contribution in [0, 0.1) is 6.92 Å². The van der Waals surface area contributed by atoms with Crippen molar-refractivity contribution >= 4 is 45.5 Å². The summed E-state index contributed by atoms with van der Waals surface area (Å²) in [6.07, 6.45) is 0.709.